The SMILES string of the molecule is CC(NC(=O)CSc1cc(Cl)ccc1Cl)c1nc(-c2ccncc2)cs1. The number of nitrogens with zero attached hydrogens (tertiary/aromatic N) is 2. The smallest absolute Gasteiger partial charge is 0.230 e. The standard InChI is InChI=1S/C18H15Cl2N3OS2/c1-11(18-23-15(9-26-18)12-4-6-21-7-5-12)22-17(24)10-25-16-8-13(19)2-3-14(16)20/h2-9,11H,10H2,1H3,(H,22,24). The number of carbonyl (C=O) groups is 1. The Hall–Kier alpha value is -1.60. The van der Waals surface area contributed by atoms with Crippen LogP contribution in [0, 0.1) is 0 Å². The van der Waals surface area contributed by atoms with Crippen LogP contribution in [0.3, 0.4) is 0 Å². The van der Waals surface area contributed by atoms with Crippen LogP contribution < -0.4 is 5.32 Å². The third-order valence-corrected chi connectivity index (χ3v) is 6.26. The molecule has 4 nitrogen and oxygen atoms in total. The number of halogens is 2. The molecule has 2 heterocycles. The van der Waals surface area contributed by atoms with Crippen molar-refractivity contribution in [3.8, 4) is 11.3 Å². The molecule has 0 radical (unpaired) electrons. The van der Waals surface area contributed by atoms with Gasteiger partial charge in [-0.1, -0.05) is 23.2 Å². The molecular weight excluding hydrogens is 409 g/mol. The Balaban J connectivity index is 1.58. The summed E-state index contributed by atoms with van der Waals surface area (Å²) in [5.74, 6) is 0.173. The van der Waals surface area contributed by atoms with Gasteiger partial charge in [-0.3, -0.25) is 9.78 Å². The highest BCUT2D eigenvalue weighted by molar-refractivity contribution is 8.00. The van der Waals surface area contributed by atoms with Crippen molar-refractivity contribution in [2.75, 3.05) is 5.75 Å². The fourth-order valence-electron chi connectivity index (χ4n) is 2.22. The van der Waals surface area contributed by atoms with E-state index in [-0.39, 0.29) is 17.7 Å². The van der Waals surface area contributed by atoms with Crippen LogP contribution in [0.25, 0.3) is 11.3 Å². The highest BCUT2D eigenvalue weighted by Crippen LogP contribution is 2.30. The van der Waals surface area contributed by atoms with Crippen LogP contribution in [0.2, 0.25) is 10.0 Å². The molecule has 1 aromatic carbocycles. The molecule has 3 aromatic rings. The van der Waals surface area contributed by atoms with Gasteiger partial charge in [-0.15, -0.1) is 23.1 Å². The van der Waals surface area contributed by atoms with Gasteiger partial charge in [-0.2, -0.15) is 0 Å². The molecule has 0 fully saturated rings. The number of aromatic nitrogens is 2. The average Bonchev–Trinajstić information content (AvgIpc) is 3.13. The Morgan fingerprint density at radius 2 is 2.04 bits per heavy atom. The van der Waals surface area contributed by atoms with Crippen LogP contribution in [0.15, 0.2) is 53.0 Å². The minimum absolute atomic E-state index is 0.0841. The molecule has 0 aliphatic carbocycles. The minimum atomic E-state index is -0.168. The third-order valence-electron chi connectivity index (χ3n) is 3.50. The molecule has 8 heteroatoms. The summed E-state index contributed by atoms with van der Waals surface area (Å²) in [5, 5.41) is 6.98. The summed E-state index contributed by atoms with van der Waals surface area (Å²) < 4.78 is 0. The van der Waals surface area contributed by atoms with Crippen LogP contribution in [0.5, 0.6) is 0 Å². The maximum atomic E-state index is 12.2. The zero-order valence-electron chi connectivity index (χ0n) is 13.8. The van der Waals surface area contributed by atoms with Crippen molar-refractivity contribution in [2.45, 2.75) is 17.9 Å². The number of benzene rings is 1. The first-order valence-electron chi connectivity index (χ1n) is 7.76. The van der Waals surface area contributed by atoms with Gasteiger partial charge in [0, 0.05) is 33.3 Å². The fraction of sp³-hybridized carbons (Fsp3) is 0.167. The molecule has 0 aliphatic rings. The number of hydrogen-bond acceptors (Lipinski definition) is 5. The molecule has 1 atom stereocenters. The number of hydrogen-bond donors (Lipinski definition) is 1. The number of pyridine rings is 1. The largest absolute Gasteiger partial charge is 0.346 e. The number of amides is 1. The summed E-state index contributed by atoms with van der Waals surface area (Å²) in [7, 11) is 0. The van der Waals surface area contributed by atoms with Crippen molar-refractivity contribution < 1.29 is 4.79 Å². The fourth-order valence-corrected chi connectivity index (χ4v) is 4.36. The van der Waals surface area contributed by atoms with Crippen molar-refractivity contribution >= 4 is 52.2 Å². The van der Waals surface area contributed by atoms with Crippen molar-refractivity contribution in [2.24, 2.45) is 0 Å². The lowest BCUT2D eigenvalue weighted by Gasteiger charge is -2.11. The van der Waals surface area contributed by atoms with E-state index in [0.717, 1.165) is 21.2 Å². The quantitative estimate of drug-likeness (QED) is 0.533. The Morgan fingerprint density at radius 3 is 2.81 bits per heavy atom. The Labute approximate surface area is 170 Å². The Kier molecular flexibility index (Phi) is 6.53. The van der Waals surface area contributed by atoms with Crippen LogP contribution in [-0.2, 0) is 4.79 Å². The van der Waals surface area contributed by atoms with Gasteiger partial charge in [0.15, 0.2) is 0 Å². The Bertz CT molecular complexity index is 902. The van der Waals surface area contributed by atoms with Crippen molar-refractivity contribution in [1.82, 2.24) is 15.3 Å². The first kappa shape index (κ1) is 19.2. The molecule has 1 amide bonds. The molecule has 26 heavy (non-hydrogen) atoms. The first-order valence-corrected chi connectivity index (χ1v) is 10.4. The van der Waals surface area contributed by atoms with E-state index in [1.807, 2.05) is 24.4 Å². The molecule has 3 rings (SSSR count). The van der Waals surface area contributed by atoms with Gasteiger partial charge in [0.2, 0.25) is 5.91 Å². The van der Waals surface area contributed by atoms with E-state index < -0.39 is 0 Å². The van der Waals surface area contributed by atoms with Crippen LogP contribution >= 0.6 is 46.3 Å². The molecule has 0 saturated heterocycles. The Morgan fingerprint density at radius 1 is 1.27 bits per heavy atom. The predicted molar refractivity (Wildman–Crippen MR) is 109 cm³/mol. The maximum absolute atomic E-state index is 12.2. The number of thiazole rings is 1. The first-order chi connectivity index (χ1) is 12.5. The van der Waals surface area contributed by atoms with E-state index in [9.17, 15) is 4.79 Å². The molecular formula is C18H15Cl2N3OS2. The maximum Gasteiger partial charge on any atom is 0.230 e. The minimum Gasteiger partial charge on any atom is -0.346 e. The number of rotatable bonds is 6. The summed E-state index contributed by atoms with van der Waals surface area (Å²) in [6, 6.07) is 8.86. The summed E-state index contributed by atoms with van der Waals surface area (Å²) in [5.41, 5.74) is 1.89. The van der Waals surface area contributed by atoms with Gasteiger partial charge in [-0.05, 0) is 37.3 Å². The van der Waals surface area contributed by atoms with Crippen LogP contribution in [0.1, 0.15) is 18.0 Å². The molecule has 1 N–H and O–H groups in total. The van der Waals surface area contributed by atoms with Crippen molar-refractivity contribution in [3.05, 3.63) is 63.2 Å². The van der Waals surface area contributed by atoms with Crippen LogP contribution in [-0.4, -0.2) is 21.6 Å². The van der Waals surface area contributed by atoms with Gasteiger partial charge >= 0.3 is 0 Å². The zero-order valence-corrected chi connectivity index (χ0v) is 16.9. The third kappa shape index (κ3) is 4.98. The van der Waals surface area contributed by atoms with Gasteiger partial charge in [0.05, 0.1) is 22.5 Å². The summed E-state index contributed by atoms with van der Waals surface area (Å²) >= 11 is 15.0. The van der Waals surface area contributed by atoms with Crippen LogP contribution in [0.4, 0.5) is 0 Å². The van der Waals surface area contributed by atoms with E-state index in [1.165, 1.54) is 23.1 Å². The predicted octanol–water partition coefficient (Wildman–Crippen LogP) is 5.48. The van der Waals surface area contributed by atoms with Gasteiger partial charge in [-0.25, -0.2) is 4.98 Å². The second-order valence-electron chi connectivity index (χ2n) is 5.46. The second kappa shape index (κ2) is 8.86. The lowest BCUT2D eigenvalue weighted by atomic mass is 10.2. The average molecular weight is 424 g/mol. The normalized spacial score (nSPS) is 12.0. The van der Waals surface area contributed by atoms with E-state index in [4.69, 9.17) is 23.2 Å². The lowest BCUT2D eigenvalue weighted by molar-refractivity contribution is -0.119. The van der Waals surface area contributed by atoms with Gasteiger partial charge in [0.25, 0.3) is 0 Å². The van der Waals surface area contributed by atoms with Crippen molar-refractivity contribution in [1.29, 1.82) is 0 Å². The number of thioether (sulfide) groups is 1. The molecule has 2 aromatic heterocycles. The van der Waals surface area contributed by atoms with E-state index in [2.05, 4.69) is 15.3 Å². The summed E-state index contributed by atoms with van der Waals surface area (Å²) in [6.07, 6.45) is 3.47. The molecule has 134 valence electrons. The van der Waals surface area contributed by atoms with Gasteiger partial charge in [0.1, 0.15) is 5.01 Å². The molecule has 0 spiro atoms. The van der Waals surface area contributed by atoms with Gasteiger partial charge < -0.3 is 5.32 Å². The highest BCUT2D eigenvalue weighted by Gasteiger charge is 2.15. The summed E-state index contributed by atoms with van der Waals surface area (Å²) in [6.45, 7) is 1.92. The molecule has 1 unspecified atom stereocenters. The van der Waals surface area contributed by atoms with E-state index >= 15 is 0 Å². The van der Waals surface area contributed by atoms with E-state index in [1.54, 1.807) is 30.6 Å². The topological polar surface area (TPSA) is 54.9 Å². The molecule has 0 aliphatic heterocycles. The number of carbonyl (C=O) groups excluding carboxylic acids is 1. The molecule has 0 saturated carbocycles. The molecule has 0 bridgehead atoms. The second-order valence-corrected chi connectivity index (χ2v) is 8.21. The summed E-state index contributed by atoms with van der Waals surface area (Å²) in [4.78, 5) is 21.6. The van der Waals surface area contributed by atoms with Crippen molar-refractivity contribution in [3.63, 3.8) is 0 Å². The monoisotopic (exact) mass is 423 g/mol. The lowest BCUT2D eigenvalue weighted by Crippen LogP contribution is -2.28. The van der Waals surface area contributed by atoms with E-state index in [0.29, 0.717) is 10.0 Å². The zero-order chi connectivity index (χ0) is 18.5. The number of nitrogens with one attached hydrogen (secondary N) is 1. The highest BCUT2D eigenvalue weighted by atomic mass is 35.5.